The van der Waals surface area contributed by atoms with E-state index in [1.54, 1.807) is 11.3 Å². The predicted molar refractivity (Wildman–Crippen MR) is 94.6 cm³/mol. The minimum Gasteiger partial charge on any atom is -0.357 e. The smallest absolute Gasteiger partial charge is 0.194 e. The zero-order chi connectivity index (χ0) is 15.9. The standard InChI is InChI=1S/C16H21ClN4S/c1-4-18-16(19-9-15-12(2)20-11-22-15)21(3)10-13-6-5-7-14(17)8-13/h5-8,11H,4,9-10H2,1-3H3,(H,18,19). The summed E-state index contributed by atoms with van der Waals surface area (Å²) >= 11 is 7.69. The highest BCUT2D eigenvalue weighted by Gasteiger charge is 2.08. The number of nitrogens with zero attached hydrogens (tertiary/aromatic N) is 3. The molecule has 0 radical (unpaired) electrons. The van der Waals surface area contributed by atoms with Gasteiger partial charge in [0.15, 0.2) is 5.96 Å². The number of aliphatic imine (C=N–C) groups is 1. The Balaban J connectivity index is 2.07. The molecule has 0 aliphatic heterocycles. The van der Waals surface area contributed by atoms with Crippen LogP contribution in [0.1, 0.15) is 23.1 Å². The highest BCUT2D eigenvalue weighted by Crippen LogP contribution is 2.14. The third-order valence-corrected chi connectivity index (χ3v) is 4.38. The van der Waals surface area contributed by atoms with Crippen molar-refractivity contribution in [2.45, 2.75) is 26.9 Å². The van der Waals surface area contributed by atoms with Crippen molar-refractivity contribution in [2.75, 3.05) is 13.6 Å². The summed E-state index contributed by atoms with van der Waals surface area (Å²) in [6.45, 7) is 6.33. The molecule has 22 heavy (non-hydrogen) atoms. The molecule has 0 aliphatic rings. The summed E-state index contributed by atoms with van der Waals surface area (Å²) in [5, 5.41) is 4.08. The van der Waals surface area contributed by atoms with Crippen molar-refractivity contribution in [3.05, 3.63) is 50.9 Å². The molecule has 0 fully saturated rings. The first-order chi connectivity index (χ1) is 10.6. The van der Waals surface area contributed by atoms with Crippen molar-refractivity contribution in [2.24, 2.45) is 4.99 Å². The molecule has 2 aromatic rings. The maximum absolute atomic E-state index is 6.05. The number of halogens is 1. The van der Waals surface area contributed by atoms with Gasteiger partial charge in [0.05, 0.1) is 17.7 Å². The fraction of sp³-hybridized carbons (Fsp3) is 0.375. The van der Waals surface area contributed by atoms with E-state index in [4.69, 9.17) is 16.6 Å². The predicted octanol–water partition coefficient (Wildman–Crippen LogP) is 3.70. The van der Waals surface area contributed by atoms with Crippen LogP contribution in [0.2, 0.25) is 5.02 Å². The van der Waals surface area contributed by atoms with Crippen LogP contribution in [0.3, 0.4) is 0 Å². The second-order valence-electron chi connectivity index (χ2n) is 5.02. The Morgan fingerprint density at radius 1 is 1.45 bits per heavy atom. The number of aromatic nitrogens is 1. The summed E-state index contributed by atoms with van der Waals surface area (Å²) in [6.07, 6.45) is 0. The first kappa shape index (κ1) is 16.8. The summed E-state index contributed by atoms with van der Waals surface area (Å²) in [7, 11) is 2.03. The number of rotatable bonds is 5. The second-order valence-corrected chi connectivity index (χ2v) is 6.39. The molecule has 118 valence electrons. The number of hydrogen-bond acceptors (Lipinski definition) is 3. The van der Waals surface area contributed by atoms with E-state index in [0.717, 1.165) is 35.3 Å². The number of thiazole rings is 1. The normalized spacial score (nSPS) is 11.5. The van der Waals surface area contributed by atoms with Crippen molar-refractivity contribution in [1.82, 2.24) is 15.2 Å². The number of aryl methyl sites for hydroxylation is 1. The van der Waals surface area contributed by atoms with Gasteiger partial charge in [-0.15, -0.1) is 11.3 Å². The lowest BCUT2D eigenvalue weighted by Crippen LogP contribution is -2.38. The molecule has 2 rings (SSSR count). The SMILES string of the molecule is CCNC(=NCc1scnc1C)N(C)Cc1cccc(Cl)c1. The fourth-order valence-electron chi connectivity index (χ4n) is 2.08. The van der Waals surface area contributed by atoms with Gasteiger partial charge in [0.25, 0.3) is 0 Å². The van der Waals surface area contributed by atoms with Crippen molar-refractivity contribution in [3.8, 4) is 0 Å². The Morgan fingerprint density at radius 2 is 2.27 bits per heavy atom. The van der Waals surface area contributed by atoms with Gasteiger partial charge in [0.1, 0.15) is 0 Å². The van der Waals surface area contributed by atoms with E-state index in [9.17, 15) is 0 Å². The van der Waals surface area contributed by atoms with Crippen LogP contribution in [0.25, 0.3) is 0 Å². The van der Waals surface area contributed by atoms with Crippen LogP contribution in [-0.2, 0) is 13.1 Å². The number of hydrogen-bond donors (Lipinski definition) is 1. The van der Waals surface area contributed by atoms with Gasteiger partial charge < -0.3 is 10.2 Å². The minimum absolute atomic E-state index is 0.652. The molecule has 1 N–H and O–H groups in total. The average Bonchev–Trinajstić information content (AvgIpc) is 2.88. The molecular weight excluding hydrogens is 316 g/mol. The lowest BCUT2D eigenvalue weighted by molar-refractivity contribution is 0.477. The van der Waals surface area contributed by atoms with E-state index in [1.807, 2.05) is 37.7 Å². The Labute approximate surface area is 140 Å². The molecule has 6 heteroatoms. The van der Waals surface area contributed by atoms with Crippen molar-refractivity contribution in [1.29, 1.82) is 0 Å². The average molecular weight is 337 g/mol. The van der Waals surface area contributed by atoms with E-state index in [1.165, 1.54) is 4.88 Å². The Bertz CT molecular complexity index is 639. The molecule has 1 heterocycles. The highest BCUT2D eigenvalue weighted by molar-refractivity contribution is 7.09. The molecule has 0 unspecified atom stereocenters. The van der Waals surface area contributed by atoms with Gasteiger partial charge in [-0.2, -0.15) is 0 Å². The van der Waals surface area contributed by atoms with E-state index in [2.05, 4.69) is 28.2 Å². The lowest BCUT2D eigenvalue weighted by atomic mass is 10.2. The summed E-state index contributed by atoms with van der Waals surface area (Å²) in [6, 6.07) is 7.90. The first-order valence-corrected chi connectivity index (χ1v) is 8.48. The molecular formula is C16H21ClN4S. The van der Waals surface area contributed by atoms with Gasteiger partial charge in [-0.05, 0) is 31.5 Å². The largest absolute Gasteiger partial charge is 0.357 e. The highest BCUT2D eigenvalue weighted by atomic mass is 35.5. The van der Waals surface area contributed by atoms with Gasteiger partial charge in [0.2, 0.25) is 0 Å². The van der Waals surface area contributed by atoms with E-state index in [0.29, 0.717) is 6.54 Å². The molecule has 0 saturated carbocycles. The Hall–Kier alpha value is -1.59. The monoisotopic (exact) mass is 336 g/mol. The summed E-state index contributed by atoms with van der Waals surface area (Å²) in [4.78, 5) is 12.3. The van der Waals surface area contributed by atoms with Crippen molar-refractivity contribution in [3.63, 3.8) is 0 Å². The fourth-order valence-corrected chi connectivity index (χ4v) is 2.99. The van der Waals surface area contributed by atoms with Crippen LogP contribution in [0.4, 0.5) is 0 Å². The molecule has 0 spiro atoms. The molecule has 0 bridgehead atoms. The van der Waals surface area contributed by atoms with Crippen molar-refractivity contribution >= 4 is 28.9 Å². The molecule has 1 aromatic heterocycles. The van der Waals surface area contributed by atoms with E-state index >= 15 is 0 Å². The quantitative estimate of drug-likeness (QED) is 0.668. The van der Waals surface area contributed by atoms with Crippen LogP contribution in [0.15, 0.2) is 34.8 Å². The van der Waals surface area contributed by atoms with Gasteiger partial charge in [0, 0.05) is 30.0 Å². The van der Waals surface area contributed by atoms with Gasteiger partial charge in [-0.1, -0.05) is 23.7 Å². The summed E-state index contributed by atoms with van der Waals surface area (Å²) < 4.78 is 0. The molecule has 0 saturated heterocycles. The third kappa shape index (κ3) is 4.71. The number of benzene rings is 1. The van der Waals surface area contributed by atoms with E-state index in [-0.39, 0.29) is 0 Å². The molecule has 0 aliphatic carbocycles. The maximum Gasteiger partial charge on any atom is 0.194 e. The summed E-state index contributed by atoms with van der Waals surface area (Å²) in [5.74, 6) is 0.885. The minimum atomic E-state index is 0.652. The maximum atomic E-state index is 6.05. The van der Waals surface area contributed by atoms with Crippen LogP contribution >= 0.6 is 22.9 Å². The Morgan fingerprint density at radius 3 is 2.91 bits per heavy atom. The lowest BCUT2D eigenvalue weighted by Gasteiger charge is -2.22. The zero-order valence-electron chi connectivity index (χ0n) is 13.1. The number of nitrogens with one attached hydrogen (secondary N) is 1. The van der Waals surface area contributed by atoms with Gasteiger partial charge in [-0.25, -0.2) is 9.98 Å². The van der Waals surface area contributed by atoms with Gasteiger partial charge in [-0.3, -0.25) is 0 Å². The summed E-state index contributed by atoms with van der Waals surface area (Å²) in [5.41, 5.74) is 4.08. The third-order valence-electron chi connectivity index (χ3n) is 3.22. The molecule has 0 amide bonds. The second kappa shape index (κ2) is 8.15. The number of guanidine groups is 1. The Kier molecular flexibility index (Phi) is 6.21. The van der Waals surface area contributed by atoms with E-state index < -0.39 is 0 Å². The van der Waals surface area contributed by atoms with Crippen LogP contribution < -0.4 is 5.32 Å². The van der Waals surface area contributed by atoms with Crippen LogP contribution in [-0.4, -0.2) is 29.4 Å². The van der Waals surface area contributed by atoms with Gasteiger partial charge >= 0.3 is 0 Å². The van der Waals surface area contributed by atoms with Crippen molar-refractivity contribution < 1.29 is 0 Å². The molecule has 0 atom stereocenters. The van der Waals surface area contributed by atoms with Crippen LogP contribution in [0.5, 0.6) is 0 Å². The zero-order valence-corrected chi connectivity index (χ0v) is 14.7. The topological polar surface area (TPSA) is 40.5 Å². The molecule has 4 nitrogen and oxygen atoms in total. The van der Waals surface area contributed by atoms with Crippen LogP contribution in [0, 0.1) is 6.92 Å². The molecule has 1 aromatic carbocycles. The first-order valence-electron chi connectivity index (χ1n) is 7.23.